The third-order valence-corrected chi connectivity index (χ3v) is 2.95. The van der Waals surface area contributed by atoms with Gasteiger partial charge in [-0.2, -0.15) is 0 Å². The van der Waals surface area contributed by atoms with Crippen LogP contribution >= 0.6 is 0 Å². The first kappa shape index (κ1) is 10.5. The highest BCUT2D eigenvalue weighted by Crippen LogP contribution is 2.24. The van der Waals surface area contributed by atoms with Gasteiger partial charge >= 0.3 is 0 Å². The van der Waals surface area contributed by atoms with Crippen LogP contribution in [0.15, 0.2) is 29.2 Å². The standard InChI is InChI=1S/C12H9N3O3/c13-12(18)7-4-15-5-9(16)14-8-3-1-2-6(10(8)15)11(7)17/h1-4H,5H2,(H2,13,18)(H,14,16). The molecule has 3 N–H and O–H groups in total. The Morgan fingerprint density at radius 1 is 1.33 bits per heavy atom. The van der Waals surface area contributed by atoms with Gasteiger partial charge in [0.2, 0.25) is 11.3 Å². The molecular weight excluding hydrogens is 234 g/mol. The molecule has 0 fully saturated rings. The molecule has 2 heterocycles. The number of benzene rings is 1. The van der Waals surface area contributed by atoms with E-state index in [1.54, 1.807) is 22.8 Å². The van der Waals surface area contributed by atoms with Gasteiger partial charge in [0.25, 0.3) is 5.91 Å². The monoisotopic (exact) mass is 243 g/mol. The van der Waals surface area contributed by atoms with Crippen LogP contribution in [0.5, 0.6) is 0 Å². The van der Waals surface area contributed by atoms with E-state index in [4.69, 9.17) is 5.73 Å². The number of nitrogens with one attached hydrogen (secondary N) is 1. The molecule has 0 spiro atoms. The van der Waals surface area contributed by atoms with E-state index in [-0.39, 0.29) is 18.0 Å². The van der Waals surface area contributed by atoms with Crippen LogP contribution in [0.25, 0.3) is 10.9 Å². The Morgan fingerprint density at radius 2 is 2.11 bits per heavy atom. The minimum Gasteiger partial charge on any atom is -0.365 e. The van der Waals surface area contributed by atoms with Gasteiger partial charge in [0.1, 0.15) is 12.1 Å². The normalized spacial score (nSPS) is 13.4. The molecule has 1 aliphatic rings. The molecule has 0 unspecified atom stereocenters. The lowest BCUT2D eigenvalue weighted by Crippen LogP contribution is -2.30. The van der Waals surface area contributed by atoms with E-state index in [0.717, 1.165) is 0 Å². The van der Waals surface area contributed by atoms with Crippen molar-refractivity contribution < 1.29 is 9.59 Å². The van der Waals surface area contributed by atoms with E-state index in [0.29, 0.717) is 16.6 Å². The zero-order chi connectivity index (χ0) is 12.9. The number of aromatic nitrogens is 1. The van der Waals surface area contributed by atoms with E-state index in [9.17, 15) is 14.4 Å². The molecule has 0 saturated carbocycles. The van der Waals surface area contributed by atoms with Crippen molar-refractivity contribution in [2.24, 2.45) is 5.73 Å². The Kier molecular flexibility index (Phi) is 2.00. The number of carbonyl (C=O) groups is 2. The van der Waals surface area contributed by atoms with Gasteiger partial charge < -0.3 is 15.6 Å². The molecule has 2 aromatic rings. The molecule has 1 aromatic carbocycles. The molecule has 6 heteroatoms. The number of nitrogens with two attached hydrogens (primary N) is 1. The number of primary amides is 1. The van der Waals surface area contributed by atoms with Crippen LogP contribution in [0.3, 0.4) is 0 Å². The van der Waals surface area contributed by atoms with Crippen molar-refractivity contribution in [3.8, 4) is 0 Å². The second-order valence-electron chi connectivity index (χ2n) is 4.11. The molecule has 0 saturated heterocycles. The van der Waals surface area contributed by atoms with E-state index in [2.05, 4.69) is 5.32 Å². The van der Waals surface area contributed by atoms with Crippen molar-refractivity contribution in [1.82, 2.24) is 4.57 Å². The third kappa shape index (κ3) is 1.32. The van der Waals surface area contributed by atoms with E-state index in [1.807, 2.05) is 0 Å². The van der Waals surface area contributed by atoms with Crippen molar-refractivity contribution in [3.05, 3.63) is 40.2 Å². The highest BCUT2D eigenvalue weighted by atomic mass is 16.2. The average molecular weight is 243 g/mol. The number of carbonyl (C=O) groups excluding carboxylic acids is 2. The smallest absolute Gasteiger partial charge is 0.254 e. The minimum absolute atomic E-state index is 0.0636. The lowest BCUT2D eigenvalue weighted by Gasteiger charge is -2.20. The summed E-state index contributed by atoms with van der Waals surface area (Å²) in [7, 11) is 0. The van der Waals surface area contributed by atoms with Gasteiger partial charge in [-0.25, -0.2) is 0 Å². The number of hydrogen-bond acceptors (Lipinski definition) is 3. The second-order valence-corrected chi connectivity index (χ2v) is 4.11. The Labute approximate surface area is 101 Å². The maximum Gasteiger partial charge on any atom is 0.254 e. The van der Waals surface area contributed by atoms with Crippen LogP contribution in [-0.2, 0) is 11.3 Å². The summed E-state index contributed by atoms with van der Waals surface area (Å²) < 4.78 is 1.57. The lowest BCUT2D eigenvalue weighted by molar-refractivity contribution is -0.116. The number of hydrogen-bond donors (Lipinski definition) is 2. The van der Waals surface area contributed by atoms with Gasteiger partial charge in [-0.15, -0.1) is 0 Å². The van der Waals surface area contributed by atoms with E-state index in [1.165, 1.54) is 6.20 Å². The minimum atomic E-state index is -0.790. The number of anilines is 1. The Morgan fingerprint density at radius 3 is 2.83 bits per heavy atom. The molecule has 18 heavy (non-hydrogen) atoms. The van der Waals surface area contributed by atoms with Gasteiger partial charge in [-0.3, -0.25) is 14.4 Å². The number of rotatable bonds is 1. The van der Waals surface area contributed by atoms with Gasteiger partial charge in [-0.1, -0.05) is 6.07 Å². The van der Waals surface area contributed by atoms with Crippen LogP contribution in [0.1, 0.15) is 10.4 Å². The summed E-state index contributed by atoms with van der Waals surface area (Å²) in [4.78, 5) is 34.8. The summed E-state index contributed by atoms with van der Waals surface area (Å²) in [6.45, 7) is 0.0636. The summed E-state index contributed by atoms with van der Waals surface area (Å²) in [6, 6.07) is 4.97. The fraction of sp³-hybridized carbons (Fsp3) is 0.0833. The fourth-order valence-corrected chi connectivity index (χ4v) is 2.21. The molecular formula is C12H9N3O3. The van der Waals surface area contributed by atoms with Crippen LogP contribution in [-0.4, -0.2) is 16.4 Å². The Hall–Kier alpha value is -2.63. The van der Waals surface area contributed by atoms with Crippen LogP contribution in [0.4, 0.5) is 5.69 Å². The lowest BCUT2D eigenvalue weighted by atomic mass is 10.1. The molecule has 1 aliphatic heterocycles. The molecule has 0 aliphatic carbocycles. The van der Waals surface area contributed by atoms with E-state index < -0.39 is 11.3 Å². The molecule has 0 atom stereocenters. The topological polar surface area (TPSA) is 94.2 Å². The number of nitrogens with zero attached hydrogens (tertiary/aromatic N) is 1. The highest BCUT2D eigenvalue weighted by Gasteiger charge is 2.20. The van der Waals surface area contributed by atoms with Gasteiger partial charge in [0.15, 0.2) is 0 Å². The Bertz CT molecular complexity index is 761. The molecule has 3 rings (SSSR count). The molecule has 0 bridgehead atoms. The van der Waals surface area contributed by atoms with Crippen LogP contribution in [0.2, 0.25) is 0 Å². The summed E-state index contributed by atoms with van der Waals surface area (Å²) in [5.74, 6) is -0.990. The van der Waals surface area contributed by atoms with E-state index >= 15 is 0 Å². The average Bonchev–Trinajstić information content (AvgIpc) is 2.32. The van der Waals surface area contributed by atoms with Crippen molar-refractivity contribution in [1.29, 1.82) is 0 Å². The number of pyridine rings is 1. The predicted molar refractivity (Wildman–Crippen MR) is 65.4 cm³/mol. The summed E-state index contributed by atoms with van der Waals surface area (Å²) in [5, 5.41) is 3.06. The summed E-state index contributed by atoms with van der Waals surface area (Å²) in [5.41, 5.74) is 5.84. The largest absolute Gasteiger partial charge is 0.365 e. The molecule has 6 nitrogen and oxygen atoms in total. The van der Waals surface area contributed by atoms with Crippen LogP contribution < -0.4 is 16.5 Å². The number of para-hydroxylation sites is 1. The maximum atomic E-state index is 12.1. The first-order valence-corrected chi connectivity index (χ1v) is 5.34. The molecule has 0 radical (unpaired) electrons. The quantitative estimate of drug-likeness (QED) is 0.741. The van der Waals surface area contributed by atoms with Crippen molar-refractivity contribution in [2.75, 3.05) is 5.32 Å². The first-order valence-electron chi connectivity index (χ1n) is 5.34. The number of amides is 2. The zero-order valence-corrected chi connectivity index (χ0v) is 9.27. The van der Waals surface area contributed by atoms with Crippen LogP contribution in [0, 0.1) is 0 Å². The fourth-order valence-electron chi connectivity index (χ4n) is 2.21. The second kappa shape index (κ2) is 3.43. The van der Waals surface area contributed by atoms with Gasteiger partial charge in [0, 0.05) is 11.6 Å². The van der Waals surface area contributed by atoms with Crippen molar-refractivity contribution >= 4 is 28.4 Å². The van der Waals surface area contributed by atoms with Crippen molar-refractivity contribution in [3.63, 3.8) is 0 Å². The van der Waals surface area contributed by atoms with Gasteiger partial charge in [0.05, 0.1) is 11.2 Å². The molecule has 90 valence electrons. The Balaban J connectivity index is 2.50. The molecule has 2 amide bonds. The third-order valence-electron chi connectivity index (χ3n) is 2.95. The van der Waals surface area contributed by atoms with Gasteiger partial charge in [-0.05, 0) is 12.1 Å². The zero-order valence-electron chi connectivity index (χ0n) is 9.27. The SMILES string of the molecule is NC(=O)c1cn2c3c(cccc3c1=O)NC(=O)C2. The summed E-state index contributed by atoms with van der Waals surface area (Å²) >= 11 is 0. The molecule has 1 aromatic heterocycles. The predicted octanol–water partition coefficient (Wildman–Crippen LogP) is 0.0525. The van der Waals surface area contributed by atoms with Crippen molar-refractivity contribution in [2.45, 2.75) is 6.54 Å². The summed E-state index contributed by atoms with van der Waals surface area (Å²) in [6.07, 6.45) is 1.34. The highest BCUT2D eigenvalue weighted by molar-refractivity contribution is 6.05. The first-order chi connectivity index (χ1) is 8.58. The maximum absolute atomic E-state index is 12.1.